The summed E-state index contributed by atoms with van der Waals surface area (Å²) >= 11 is 0. The van der Waals surface area contributed by atoms with Crippen LogP contribution in [0.15, 0.2) is 0 Å². The number of carbonyl (C=O) groups is 1. The molecule has 44 valence electrons. The third kappa shape index (κ3) is 5.72. The van der Waals surface area contributed by atoms with Gasteiger partial charge in [0, 0.05) is 6.42 Å². The van der Waals surface area contributed by atoms with Crippen LogP contribution in [0.4, 0.5) is 0 Å². The average molecular weight is 127 g/mol. The van der Waals surface area contributed by atoms with Gasteiger partial charge in [-0.2, -0.15) is 5.26 Å². The fourth-order valence-electron chi connectivity index (χ4n) is 0.0645. The molecule has 0 amide bonds. The molecule has 4 heteroatoms. The molecule has 0 bridgehead atoms. The molecule has 0 aromatic heterocycles. The van der Waals surface area contributed by atoms with Crippen LogP contribution in [0.3, 0.4) is 0 Å². The molecule has 0 radical (unpaired) electrons. The van der Waals surface area contributed by atoms with Gasteiger partial charge in [-0.3, -0.25) is 0 Å². The summed E-state index contributed by atoms with van der Waals surface area (Å²) in [7, 11) is 0. The van der Waals surface area contributed by atoms with E-state index in [9.17, 15) is 4.79 Å². The van der Waals surface area contributed by atoms with Gasteiger partial charge in [-0.15, -0.1) is 12.4 Å². The highest BCUT2D eigenvalue weighted by molar-refractivity contribution is 5.85. The zero-order chi connectivity index (χ0) is 4.99. The van der Waals surface area contributed by atoms with Crippen LogP contribution in [0, 0.1) is 0 Å². The first-order valence-corrected chi connectivity index (χ1v) is 1.65. The second-order valence-corrected chi connectivity index (χ2v) is 0.817. The third-order valence-electron chi connectivity index (χ3n) is 0.390. The van der Waals surface area contributed by atoms with E-state index >= 15 is 0 Å². The maximum Gasteiger partial charge on any atom is 0.341 e. The normalized spacial score (nSPS) is 6.57. The summed E-state index contributed by atoms with van der Waals surface area (Å²) in [5.41, 5.74) is 0. The van der Waals surface area contributed by atoms with Crippen molar-refractivity contribution in [2.45, 2.75) is 13.3 Å². The zero-order valence-electron chi connectivity index (χ0n) is 3.88. The highest BCUT2D eigenvalue weighted by Gasteiger charge is 1.90. The summed E-state index contributed by atoms with van der Waals surface area (Å²) in [6, 6.07) is 0. The zero-order valence-corrected chi connectivity index (χ0v) is 4.70. The summed E-state index contributed by atoms with van der Waals surface area (Å²) in [6.07, 6.45) is 0.219. The standard InChI is InChI=1S/C3H6O3.ClH/c1-2-3(4)6-5;/h5H,2H2,1H3;1H. The first kappa shape index (κ1) is 9.87. The first-order chi connectivity index (χ1) is 2.81. The summed E-state index contributed by atoms with van der Waals surface area (Å²) in [6.45, 7) is 1.60. The summed E-state index contributed by atoms with van der Waals surface area (Å²) in [4.78, 5) is 13.0. The smallest absolute Gasteiger partial charge is 0.301 e. The third-order valence-corrected chi connectivity index (χ3v) is 0.390. The summed E-state index contributed by atoms with van der Waals surface area (Å²) < 4.78 is 0. The topological polar surface area (TPSA) is 46.5 Å². The molecule has 0 aliphatic rings. The van der Waals surface area contributed by atoms with Crippen LogP contribution in [-0.4, -0.2) is 11.2 Å². The lowest BCUT2D eigenvalue weighted by Crippen LogP contribution is -1.95. The molecule has 7 heavy (non-hydrogen) atoms. The molecule has 1 N–H and O–H groups in total. The van der Waals surface area contributed by atoms with Gasteiger partial charge in [0.05, 0.1) is 0 Å². The van der Waals surface area contributed by atoms with Gasteiger partial charge in [0.15, 0.2) is 0 Å². The Kier molecular flexibility index (Phi) is 8.06. The molecular weight excluding hydrogens is 119 g/mol. The fraction of sp³-hybridized carbons (Fsp3) is 0.667. The predicted molar refractivity (Wildman–Crippen MR) is 26.3 cm³/mol. The van der Waals surface area contributed by atoms with Crippen LogP contribution in [0.25, 0.3) is 0 Å². The Balaban J connectivity index is 0. The van der Waals surface area contributed by atoms with Crippen molar-refractivity contribution in [2.75, 3.05) is 0 Å². The van der Waals surface area contributed by atoms with Crippen LogP contribution in [0.5, 0.6) is 0 Å². The van der Waals surface area contributed by atoms with E-state index in [1.807, 2.05) is 0 Å². The van der Waals surface area contributed by atoms with Gasteiger partial charge in [0.2, 0.25) is 0 Å². The van der Waals surface area contributed by atoms with Crippen LogP contribution in [-0.2, 0) is 9.68 Å². The predicted octanol–water partition coefficient (Wildman–Crippen LogP) is 0.834. The van der Waals surface area contributed by atoms with Gasteiger partial charge >= 0.3 is 5.97 Å². The highest BCUT2D eigenvalue weighted by atomic mass is 35.5. The largest absolute Gasteiger partial charge is 0.341 e. The van der Waals surface area contributed by atoms with Crippen LogP contribution >= 0.6 is 12.4 Å². The Labute approximate surface area is 47.6 Å². The molecule has 0 aliphatic heterocycles. The number of hydrogen-bond donors (Lipinski definition) is 1. The number of hydrogen-bond acceptors (Lipinski definition) is 3. The number of rotatable bonds is 1. The van der Waals surface area contributed by atoms with E-state index in [-0.39, 0.29) is 18.8 Å². The van der Waals surface area contributed by atoms with E-state index in [2.05, 4.69) is 4.89 Å². The molecule has 0 atom stereocenters. The van der Waals surface area contributed by atoms with Crippen molar-refractivity contribution < 1.29 is 14.9 Å². The van der Waals surface area contributed by atoms with Gasteiger partial charge < -0.3 is 4.89 Å². The van der Waals surface area contributed by atoms with Gasteiger partial charge in [-0.25, -0.2) is 4.79 Å². The molecule has 0 aromatic rings. The Morgan fingerprint density at radius 2 is 2.29 bits per heavy atom. The molecule has 0 saturated heterocycles. The van der Waals surface area contributed by atoms with Gasteiger partial charge in [0.1, 0.15) is 0 Å². The average Bonchev–Trinajstić information content (AvgIpc) is 1.65. The van der Waals surface area contributed by atoms with E-state index in [1.54, 1.807) is 6.92 Å². The number of carbonyl (C=O) groups excluding carboxylic acids is 1. The monoisotopic (exact) mass is 126 g/mol. The van der Waals surface area contributed by atoms with Crippen molar-refractivity contribution in [3.8, 4) is 0 Å². The minimum Gasteiger partial charge on any atom is -0.301 e. The second kappa shape index (κ2) is 5.72. The van der Waals surface area contributed by atoms with Crippen LogP contribution in [0.2, 0.25) is 0 Å². The lowest BCUT2D eigenvalue weighted by molar-refractivity contribution is -0.233. The fourth-order valence-corrected chi connectivity index (χ4v) is 0.0645. The lowest BCUT2D eigenvalue weighted by Gasteiger charge is -1.83. The molecule has 0 aromatic carbocycles. The molecule has 0 fully saturated rings. The van der Waals surface area contributed by atoms with E-state index in [0.29, 0.717) is 0 Å². The molecule has 0 spiro atoms. The van der Waals surface area contributed by atoms with Crippen molar-refractivity contribution in [3.63, 3.8) is 0 Å². The van der Waals surface area contributed by atoms with Crippen molar-refractivity contribution in [2.24, 2.45) is 0 Å². The lowest BCUT2D eigenvalue weighted by atomic mass is 10.5. The maximum atomic E-state index is 9.71. The molecule has 0 unspecified atom stereocenters. The van der Waals surface area contributed by atoms with Crippen molar-refractivity contribution in [1.29, 1.82) is 0 Å². The van der Waals surface area contributed by atoms with Gasteiger partial charge in [-0.1, -0.05) is 6.92 Å². The van der Waals surface area contributed by atoms with E-state index < -0.39 is 5.97 Å². The van der Waals surface area contributed by atoms with E-state index in [0.717, 1.165) is 0 Å². The van der Waals surface area contributed by atoms with E-state index in [1.165, 1.54) is 0 Å². The van der Waals surface area contributed by atoms with E-state index in [4.69, 9.17) is 5.26 Å². The molecule has 0 aliphatic carbocycles. The number of halogens is 1. The Bertz CT molecular complexity index is 48.1. The summed E-state index contributed by atoms with van der Waals surface area (Å²) in [5.74, 6) is -0.602. The Hall–Kier alpha value is -0.280. The van der Waals surface area contributed by atoms with Crippen molar-refractivity contribution in [1.82, 2.24) is 0 Å². The van der Waals surface area contributed by atoms with Gasteiger partial charge in [-0.05, 0) is 0 Å². The van der Waals surface area contributed by atoms with Crippen LogP contribution < -0.4 is 0 Å². The first-order valence-electron chi connectivity index (χ1n) is 1.65. The highest BCUT2D eigenvalue weighted by Crippen LogP contribution is 1.75. The molecule has 3 nitrogen and oxygen atoms in total. The van der Waals surface area contributed by atoms with Crippen LogP contribution in [0.1, 0.15) is 13.3 Å². The maximum absolute atomic E-state index is 9.71. The van der Waals surface area contributed by atoms with Gasteiger partial charge in [0.25, 0.3) is 0 Å². The quantitative estimate of drug-likeness (QED) is 0.418. The van der Waals surface area contributed by atoms with Crippen molar-refractivity contribution in [3.05, 3.63) is 0 Å². The molecular formula is C3H7ClO3. The Morgan fingerprint density at radius 1 is 1.86 bits per heavy atom. The molecule has 0 heterocycles. The minimum absolute atomic E-state index is 0. The minimum atomic E-state index is -0.602. The Morgan fingerprint density at radius 3 is 2.29 bits per heavy atom. The second-order valence-electron chi connectivity index (χ2n) is 0.817. The molecule has 0 rings (SSSR count). The SMILES string of the molecule is CCC(=O)OO.Cl. The molecule has 0 saturated carbocycles. The van der Waals surface area contributed by atoms with Crippen molar-refractivity contribution >= 4 is 18.4 Å². The summed E-state index contributed by atoms with van der Waals surface area (Å²) in [5, 5.41) is 7.49.